The van der Waals surface area contributed by atoms with Crippen molar-refractivity contribution in [1.82, 2.24) is 14.5 Å². The van der Waals surface area contributed by atoms with Crippen LogP contribution in [0.25, 0.3) is 0 Å². The predicted octanol–water partition coefficient (Wildman–Crippen LogP) is 1.01. The molecule has 90 valence electrons. The van der Waals surface area contributed by atoms with Crippen molar-refractivity contribution >= 4 is 26.0 Å². The first kappa shape index (κ1) is 12.1. The summed E-state index contributed by atoms with van der Waals surface area (Å²) >= 11 is 3.49. The minimum absolute atomic E-state index is 0.00907. The molecule has 0 aromatic carbocycles. The molecular formula is C9H14BrN3O2S. The zero-order valence-corrected chi connectivity index (χ0v) is 11.3. The molecule has 1 fully saturated rings. The lowest BCUT2D eigenvalue weighted by atomic mass is 10.3. The van der Waals surface area contributed by atoms with Gasteiger partial charge in [0.15, 0.2) is 0 Å². The van der Waals surface area contributed by atoms with Crippen LogP contribution in [-0.2, 0) is 17.1 Å². The summed E-state index contributed by atoms with van der Waals surface area (Å²) in [5, 5.41) is 3.86. The lowest BCUT2D eigenvalue weighted by Gasteiger charge is -2.15. The van der Waals surface area contributed by atoms with Gasteiger partial charge in [-0.2, -0.15) is 5.10 Å². The minimum Gasteiger partial charge on any atom is -0.274 e. The minimum atomic E-state index is -3.42. The molecule has 1 aliphatic carbocycles. The van der Waals surface area contributed by atoms with E-state index in [1.54, 1.807) is 7.05 Å². The Labute approximate surface area is 103 Å². The second-order valence-corrected chi connectivity index (χ2v) is 6.91. The van der Waals surface area contributed by atoms with Gasteiger partial charge in [0.05, 0.1) is 6.20 Å². The molecule has 1 aromatic rings. The van der Waals surface area contributed by atoms with Crippen LogP contribution in [0.2, 0.25) is 0 Å². The molecule has 0 bridgehead atoms. The average molecular weight is 308 g/mol. The number of hydrogen-bond donors (Lipinski definition) is 1. The van der Waals surface area contributed by atoms with Gasteiger partial charge in [0.2, 0.25) is 10.0 Å². The molecule has 16 heavy (non-hydrogen) atoms. The second-order valence-electron chi connectivity index (χ2n) is 4.02. The van der Waals surface area contributed by atoms with Crippen molar-refractivity contribution in [1.29, 1.82) is 0 Å². The molecule has 0 spiro atoms. The summed E-state index contributed by atoms with van der Waals surface area (Å²) in [6.07, 6.45) is 5.81. The third-order valence-corrected chi connectivity index (χ3v) is 5.27. The summed E-state index contributed by atoms with van der Waals surface area (Å²) in [6, 6.07) is -0.00907. The summed E-state index contributed by atoms with van der Waals surface area (Å²) < 4.78 is 28.1. The van der Waals surface area contributed by atoms with Gasteiger partial charge in [-0.25, -0.2) is 13.1 Å². The number of sulfonamides is 1. The van der Waals surface area contributed by atoms with Crippen molar-refractivity contribution < 1.29 is 8.42 Å². The van der Waals surface area contributed by atoms with Gasteiger partial charge in [-0.05, 0) is 12.8 Å². The summed E-state index contributed by atoms with van der Waals surface area (Å²) in [7, 11) is -1.72. The Kier molecular flexibility index (Phi) is 3.37. The molecule has 0 aliphatic heterocycles. The first-order valence-electron chi connectivity index (χ1n) is 5.14. The smallest absolute Gasteiger partial charge is 0.243 e. The van der Waals surface area contributed by atoms with Gasteiger partial charge < -0.3 is 0 Å². The maximum atomic E-state index is 12.0. The summed E-state index contributed by atoms with van der Waals surface area (Å²) in [5.41, 5.74) is 0. The highest BCUT2D eigenvalue weighted by molar-refractivity contribution is 9.09. The number of aryl methyl sites for hydroxylation is 1. The maximum Gasteiger partial charge on any atom is 0.243 e. The van der Waals surface area contributed by atoms with Gasteiger partial charge >= 0.3 is 0 Å². The van der Waals surface area contributed by atoms with Crippen molar-refractivity contribution in [2.24, 2.45) is 7.05 Å². The van der Waals surface area contributed by atoms with E-state index in [1.807, 2.05) is 0 Å². The molecule has 1 aliphatic rings. The third kappa shape index (κ3) is 2.46. The van der Waals surface area contributed by atoms with Crippen LogP contribution in [0, 0.1) is 0 Å². The number of nitrogens with one attached hydrogen (secondary N) is 1. The van der Waals surface area contributed by atoms with Crippen molar-refractivity contribution in [3.63, 3.8) is 0 Å². The van der Waals surface area contributed by atoms with E-state index in [4.69, 9.17) is 0 Å². The number of rotatable bonds is 3. The van der Waals surface area contributed by atoms with E-state index >= 15 is 0 Å². The van der Waals surface area contributed by atoms with E-state index in [9.17, 15) is 8.42 Å². The molecule has 2 unspecified atom stereocenters. The van der Waals surface area contributed by atoms with Crippen molar-refractivity contribution in [2.75, 3.05) is 0 Å². The molecular weight excluding hydrogens is 294 g/mol. The normalized spacial score (nSPS) is 26.1. The van der Waals surface area contributed by atoms with E-state index in [1.165, 1.54) is 17.1 Å². The van der Waals surface area contributed by atoms with E-state index in [0.717, 1.165) is 19.3 Å². The largest absolute Gasteiger partial charge is 0.274 e. The number of halogens is 1. The summed E-state index contributed by atoms with van der Waals surface area (Å²) in [6.45, 7) is 0. The van der Waals surface area contributed by atoms with Crippen LogP contribution in [-0.4, -0.2) is 29.1 Å². The molecule has 0 amide bonds. The zero-order chi connectivity index (χ0) is 11.8. The highest BCUT2D eigenvalue weighted by Crippen LogP contribution is 2.26. The molecule has 5 nitrogen and oxygen atoms in total. The molecule has 1 aromatic heterocycles. The molecule has 0 radical (unpaired) electrons. The quantitative estimate of drug-likeness (QED) is 0.848. The Morgan fingerprint density at radius 2 is 2.31 bits per heavy atom. The Hall–Kier alpha value is -0.400. The van der Waals surface area contributed by atoms with Crippen LogP contribution in [0.15, 0.2) is 17.3 Å². The second kappa shape index (κ2) is 4.46. The van der Waals surface area contributed by atoms with Crippen molar-refractivity contribution in [3.8, 4) is 0 Å². The van der Waals surface area contributed by atoms with Crippen LogP contribution >= 0.6 is 15.9 Å². The Morgan fingerprint density at radius 1 is 1.56 bits per heavy atom. The van der Waals surface area contributed by atoms with Gasteiger partial charge in [-0.3, -0.25) is 4.68 Å². The molecule has 7 heteroatoms. The van der Waals surface area contributed by atoms with Crippen molar-refractivity contribution in [3.05, 3.63) is 12.4 Å². The van der Waals surface area contributed by atoms with Crippen molar-refractivity contribution in [2.45, 2.75) is 35.0 Å². The molecule has 1 heterocycles. The molecule has 2 atom stereocenters. The van der Waals surface area contributed by atoms with Gasteiger partial charge in [0, 0.05) is 24.1 Å². The summed E-state index contributed by atoms with van der Waals surface area (Å²) in [5.74, 6) is 0. The van der Waals surface area contributed by atoms with Crippen LogP contribution in [0.5, 0.6) is 0 Å². The Balaban J connectivity index is 2.14. The van der Waals surface area contributed by atoms with Gasteiger partial charge in [0.1, 0.15) is 4.90 Å². The molecule has 2 rings (SSSR count). The maximum absolute atomic E-state index is 12.0. The fourth-order valence-corrected chi connectivity index (χ4v) is 4.04. The monoisotopic (exact) mass is 307 g/mol. The van der Waals surface area contributed by atoms with Gasteiger partial charge in [-0.15, -0.1) is 0 Å². The van der Waals surface area contributed by atoms with Crippen LogP contribution < -0.4 is 4.72 Å². The predicted molar refractivity (Wildman–Crippen MR) is 63.9 cm³/mol. The Morgan fingerprint density at radius 3 is 2.81 bits per heavy atom. The SMILES string of the molecule is Cn1cc(S(=O)(=O)NC2CCCC2Br)cn1. The van der Waals surface area contributed by atoms with Crippen LogP contribution in [0.4, 0.5) is 0 Å². The molecule has 1 N–H and O–H groups in total. The van der Waals surface area contributed by atoms with E-state index < -0.39 is 10.0 Å². The van der Waals surface area contributed by atoms with E-state index in [-0.39, 0.29) is 15.8 Å². The number of hydrogen-bond acceptors (Lipinski definition) is 3. The fourth-order valence-electron chi connectivity index (χ4n) is 1.85. The van der Waals surface area contributed by atoms with Crippen LogP contribution in [0.3, 0.4) is 0 Å². The first-order valence-corrected chi connectivity index (χ1v) is 7.54. The summed E-state index contributed by atoms with van der Waals surface area (Å²) in [4.78, 5) is 0.459. The highest BCUT2D eigenvalue weighted by Gasteiger charge is 2.29. The number of nitrogens with zero attached hydrogens (tertiary/aromatic N) is 2. The fraction of sp³-hybridized carbons (Fsp3) is 0.667. The molecule has 0 saturated heterocycles. The topological polar surface area (TPSA) is 64.0 Å². The van der Waals surface area contributed by atoms with Gasteiger partial charge in [0.25, 0.3) is 0 Å². The number of alkyl halides is 1. The van der Waals surface area contributed by atoms with E-state index in [0.29, 0.717) is 0 Å². The van der Waals surface area contributed by atoms with E-state index in [2.05, 4.69) is 25.8 Å². The Bertz CT molecular complexity index is 471. The highest BCUT2D eigenvalue weighted by atomic mass is 79.9. The molecule has 1 saturated carbocycles. The lowest BCUT2D eigenvalue weighted by Crippen LogP contribution is -2.37. The van der Waals surface area contributed by atoms with Crippen LogP contribution in [0.1, 0.15) is 19.3 Å². The first-order chi connectivity index (χ1) is 7.49. The average Bonchev–Trinajstić information content (AvgIpc) is 2.77. The van der Waals surface area contributed by atoms with Gasteiger partial charge in [-0.1, -0.05) is 22.4 Å². The standard InChI is InChI=1S/C9H14BrN3O2S/c1-13-6-7(5-11-13)16(14,15)12-9-4-2-3-8(9)10/h5-6,8-9,12H,2-4H2,1H3. The third-order valence-electron chi connectivity index (χ3n) is 2.73. The lowest BCUT2D eigenvalue weighted by molar-refractivity contribution is 0.556. The number of aromatic nitrogens is 2. The zero-order valence-electron chi connectivity index (χ0n) is 8.93.